The van der Waals surface area contributed by atoms with Crippen LogP contribution in [0, 0.1) is 0 Å². The number of aliphatic imine (C=N–C) groups is 1. The molecule has 23 heavy (non-hydrogen) atoms. The van der Waals surface area contributed by atoms with Crippen LogP contribution in [0.25, 0.3) is 0 Å². The fourth-order valence-corrected chi connectivity index (χ4v) is 3.97. The fourth-order valence-electron chi connectivity index (χ4n) is 3.97. The number of morpholine rings is 1. The van der Waals surface area contributed by atoms with E-state index < -0.39 is 0 Å². The molecule has 3 rings (SSSR count). The highest BCUT2D eigenvalue weighted by molar-refractivity contribution is 5.85. The first kappa shape index (κ1) is 18.9. The lowest BCUT2D eigenvalue weighted by Crippen LogP contribution is -2.51. The van der Waals surface area contributed by atoms with E-state index >= 15 is 0 Å². The summed E-state index contributed by atoms with van der Waals surface area (Å²) in [5, 5.41) is 3.81. The van der Waals surface area contributed by atoms with Crippen LogP contribution < -0.4 is 5.32 Å². The van der Waals surface area contributed by atoms with Gasteiger partial charge in [-0.25, -0.2) is 4.99 Å². The lowest BCUT2D eigenvalue weighted by Gasteiger charge is -2.34. The van der Waals surface area contributed by atoms with Gasteiger partial charge >= 0.3 is 0 Å². The van der Waals surface area contributed by atoms with Crippen molar-refractivity contribution in [1.29, 1.82) is 0 Å². The van der Waals surface area contributed by atoms with Gasteiger partial charge in [0.2, 0.25) is 0 Å². The Bertz CT molecular complexity index is 344. The summed E-state index contributed by atoms with van der Waals surface area (Å²) >= 11 is 0. The molecule has 1 N–H and O–H groups in total. The van der Waals surface area contributed by atoms with Crippen molar-refractivity contribution < 1.29 is 4.74 Å². The highest BCUT2D eigenvalue weighted by Crippen LogP contribution is 2.21. The summed E-state index contributed by atoms with van der Waals surface area (Å²) in [6.07, 6.45) is 14.8. The number of halogens is 1. The van der Waals surface area contributed by atoms with Crippen molar-refractivity contribution in [3.8, 4) is 0 Å². The van der Waals surface area contributed by atoms with E-state index in [-0.39, 0.29) is 12.4 Å². The van der Waals surface area contributed by atoms with Crippen molar-refractivity contribution in [3.63, 3.8) is 0 Å². The van der Waals surface area contributed by atoms with Gasteiger partial charge in [-0.1, -0.05) is 44.9 Å². The minimum absolute atomic E-state index is 0. The molecular weight excluding hydrogens is 310 g/mol. The zero-order valence-electron chi connectivity index (χ0n) is 14.5. The quantitative estimate of drug-likeness (QED) is 0.471. The smallest absolute Gasteiger partial charge is 0.194 e. The van der Waals surface area contributed by atoms with E-state index in [1.165, 1.54) is 76.6 Å². The predicted octanol–water partition coefficient (Wildman–Crippen LogP) is 3.74. The van der Waals surface area contributed by atoms with E-state index in [0.717, 1.165) is 26.3 Å². The lowest BCUT2D eigenvalue weighted by atomic mass is 9.96. The molecule has 0 aromatic heterocycles. The molecule has 2 saturated carbocycles. The summed E-state index contributed by atoms with van der Waals surface area (Å²) in [7, 11) is 0. The summed E-state index contributed by atoms with van der Waals surface area (Å²) in [5.41, 5.74) is 0. The van der Waals surface area contributed by atoms with Gasteiger partial charge in [0.25, 0.3) is 0 Å². The number of nitrogens with zero attached hydrogens (tertiary/aromatic N) is 2. The third-order valence-electron chi connectivity index (χ3n) is 5.38. The Morgan fingerprint density at radius 1 is 0.826 bits per heavy atom. The van der Waals surface area contributed by atoms with Crippen LogP contribution in [0.15, 0.2) is 4.99 Å². The number of rotatable bonds is 2. The topological polar surface area (TPSA) is 36.9 Å². The van der Waals surface area contributed by atoms with Crippen LogP contribution in [0.2, 0.25) is 0 Å². The molecule has 4 nitrogen and oxygen atoms in total. The van der Waals surface area contributed by atoms with Crippen molar-refractivity contribution in [2.24, 2.45) is 4.99 Å². The van der Waals surface area contributed by atoms with E-state index in [0.29, 0.717) is 12.1 Å². The molecule has 0 aromatic rings. The largest absolute Gasteiger partial charge is 0.378 e. The molecule has 3 fully saturated rings. The maximum Gasteiger partial charge on any atom is 0.194 e. The third kappa shape index (κ3) is 6.15. The summed E-state index contributed by atoms with van der Waals surface area (Å²) in [4.78, 5) is 7.62. The van der Waals surface area contributed by atoms with Gasteiger partial charge in [0.1, 0.15) is 0 Å². The molecule has 0 atom stereocenters. The summed E-state index contributed by atoms with van der Waals surface area (Å²) in [6.45, 7) is 3.67. The first-order valence-electron chi connectivity index (χ1n) is 9.59. The first-order chi connectivity index (χ1) is 10.9. The molecule has 5 heteroatoms. The Labute approximate surface area is 147 Å². The molecule has 1 saturated heterocycles. The number of hydrogen-bond donors (Lipinski definition) is 1. The van der Waals surface area contributed by atoms with Gasteiger partial charge in [-0.3, -0.25) is 0 Å². The second-order valence-electron chi connectivity index (χ2n) is 7.18. The van der Waals surface area contributed by atoms with Crippen molar-refractivity contribution in [2.45, 2.75) is 82.7 Å². The molecule has 0 radical (unpaired) electrons. The molecule has 1 aliphatic heterocycles. The number of nitrogens with one attached hydrogen (secondary N) is 1. The highest BCUT2D eigenvalue weighted by Gasteiger charge is 2.22. The van der Waals surface area contributed by atoms with E-state index in [4.69, 9.17) is 9.73 Å². The summed E-state index contributed by atoms with van der Waals surface area (Å²) in [6, 6.07) is 1.18. The predicted molar refractivity (Wildman–Crippen MR) is 98.6 cm³/mol. The second kappa shape index (κ2) is 10.4. The molecule has 0 spiro atoms. The summed E-state index contributed by atoms with van der Waals surface area (Å²) in [5.74, 6) is 1.18. The molecule has 0 amide bonds. The third-order valence-corrected chi connectivity index (χ3v) is 5.38. The fraction of sp³-hybridized carbons (Fsp3) is 0.944. The molecule has 2 aliphatic carbocycles. The van der Waals surface area contributed by atoms with Crippen molar-refractivity contribution in [2.75, 3.05) is 26.3 Å². The zero-order chi connectivity index (χ0) is 15.0. The van der Waals surface area contributed by atoms with E-state index in [1.54, 1.807) is 0 Å². The van der Waals surface area contributed by atoms with Crippen LogP contribution in [0.3, 0.4) is 0 Å². The SMILES string of the molecule is C1CCCC(N=C(NC2CCCCC2)N2CCOCC2)CC1.Cl. The average Bonchev–Trinajstić information content (AvgIpc) is 2.85. The van der Waals surface area contributed by atoms with Crippen molar-refractivity contribution in [3.05, 3.63) is 0 Å². The zero-order valence-corrected chi connectivity index (χ0v) is 15.3. The average molecular weight is 344 g/mol. The highest BCUT2D eigenvalue weighted by atomic mass is 35.5. The number of hydrogen-bond acceptors (Lipinski definition) is 2. The van der Waals surface area contributed by atoms with Gasteiger partial charge in [-0.05, 0) is 25.7 Å². The molecular formula is C18H34ClN3O. The minimum Gasteiger partial charge on any atom is -0.378 e. The maximum atomic E-state index is 5.53. The Balaban J connectivity index is 0.00000192. The molecule has 0 unspecified atom stereocenters. The molecule has 134 valence electrons. The number of ether oxygens (including phenoxy) is 1. The van der Waals surface area contributed by atoms with Crippen LogP contribution in [0.4, 0.5) is 0 Å². The number of guanidine groups is 1. The van der Waals surface area contributed by atoms with Crippen molar-refractivity contribution >= 4 is 18.4 Å². The van der Waals surface area contributed by atoms with Gasteiger partial charge in [0, 0.05) is 19.1 Å². The van der Waals surface area contributed by atoms with Gasteiger partial charge < -0.3 is 15.0 Å². The lowest BCUT2D eigenvalue weighted by molar-refractivity contribution is 0.0657. The first-order valence-corrected chi connectivity index (χ1v) is 9.59. The van der Waals surface area contributed by atoms with Gasteiger partial charge in [-0.15, -0.1) is 12.4 Å². The van der Waals surface area contributed by atoms with Gasteiger partial charge in [-0.2, -0.15) is 0 Å². The Hall–Kier alpha value is -0.480. The van der Waals surface area contributed by atoms with Crippen LogP contribution in [-0.4, -0.2) is 49.2 Å². The molecule has 0 aromatic carbocycles. The van der Waals surface area contributed by atoms with Gasteiger partial charge in [0.05, 0.1) is 19.3 Å². The van der Waals surface area contributed by atoms with E-state index in [2.05, 4.69) is 10.2 Å². The minimum atomic E-state index is 0. The second-order valence-corrected chi connectivity index (χ2v) is 7.18. The molecule has 0 bridgehead atoms. The maximum absolute atomic E-state index is 5.53. The van der Waals surface area contributed by atoms with Crippen LogP contribution in [0.1, 0.15) is 70.6 Å². The standard InChI is InChI=1S/C18H33N3O.ClH/c1-2-5-9-16(8-4-1)19-18(21-12-14-22-15-13-21)20-17-10-6-3-7-11-17;/h16-17H,1-15H2,(H,19,20);1H. The Kier molecular flexibility index (Phi) is 8.52. The molecule has 1 heterocycles. The molecule has 3 aliphatic rings. The van der Waals surface area contributed by atoms with Crippen molar-refractivity contribution in [1.82, 2.24) is 10.2 Å². The van der Waals surface area contributed by atoms with E-state index in [1.807, 2.05) is 0 Å². The Morgan fingerprint density at radius 2 is 1.39 bits per heavy atom. The van der Waals surface area contributed by atoms with E-state index in [9.17, 15) is 0 Å². The van der Waals surface area contributed by atoms with Crippen LogP contribution in [-0.2, 0) is 4.74 Å². The Morgan fingerprint density at radius 3 is 2.04 bits per heavy atom. The van der Waals surface area contributed by atoms with Crippen LogP contribution >= 0.6 is 12.4 Å². The van der Waals surface area contributed by atoms with Crippen LogP contribution in [0.5, 0.6) is 0 Å². The summed E-state index contributed by atoms with van der Waals surface area (Å²) < 4.78 is 5.53. The van der Waals surface area contributed by atoms with Gasteiger partial charge in [0.15, 0.2) is 5.96 Å². The monoisotopic (exact) mass is 343 g/mol. The normalized spacial score (nSPS) is 25.6.